The van der Waals surface area contributed by atoms with Gasteiger partial charge < -0.3 is 17.4 Å². The molecule has 2 fully saturated rings. The van der Waals surface area contributed by atoms with Crippen LogP contribution in [-0.4, -0.2) is 119 Å². The second kappa shape index (κ2) is 14.2. The van der Waals surface area contributed by atoms with Crippen LogP contribution in [0.1, 0.15) is 14.8 Å². The minimum absolute atomic E-state index is 0. The van der Waals surface area contributed by atoms with Gasteiger partial charge in [0.15, 0.2) is 0 Å². The van der Waals surface area contributed by atoms with Gasteiger partial charge in [0.25, 0.3) is 5.91 Å². The first-order chi connectivity index (χ1) is 18.8. The first kappa shape index (κ1) is 34.8. The Bertz CT molecular complexity index is 1320. The zero-order valence-electron chi connectivity index (χ0n) is 23.9. The molecule has 3 atom stereocenters. The maximum absolute atomic E-state index is 14.0. The largest absolute Gasteiger partial charge is 1.00 e. The van der Waals surface area contributed by atoms with E-state index in [1.54, 1.807) is 19.2 Å². The van der Waals surface area contributed by atoms with Gasteiger partial charge in [-0.2, -0.15) is 24.7 Å². The molecule has 3 rings (SSSR count). The van der Waals surface area contributed by atoms with Crippen LogP contribution in [0.15, 0.2) is 30.3 Å². The van der Waals surface area contributed by atoms with Gasteiger partial charge >= 0.3 is 69.5 Å². The molecule has 2 unspecified atom stereocenters. The molecule has 1 aromatic rings. The number of benzene rings is 1. The second-order valence-corrected chi connectivity index (χ2v) is 11.4. The predicted octanol–water partition coefficient (Wildman–Crippen LogP) is -4.34. The van der Waals surface area contributed by atoms with Gasteiger partial charge in [-0.3, -0.25) is 23.8 Å². The molecule has 2 aliphatic rings. The van der Waals surface area contributed by atoms with Gasteiger partial charge in [0.1, 0.15) is 24.8 Å². The predicted molar refractivity (Wildman–Crippen MR) is 145 cm³/mol. The van der Waals surface area contributed by atoms with Crippen molar-refractivity contribution in [3.63, 3.8) is 0 Å². The molecule has 0 aromatic heterocycles. The summed E-state index contributed by atoms with van der Waals surface area (Å²) in [5, 5.41) is 2.25. The molecular weight excluding hydrogens is 591 g/mol. The number of para-hydroxylation sites is 1. The monoisotopic (exact) mass is 623 g/mol. The fraction of sp³-hybridized carbons (Fsp3) is 0.478. The summed E-state index contributed by atoms with van der Waals surface area (Å²) in [5.41, 5.74) is 6.16. The van der Waals surface area contributed by atoms with Crippen molar-refractivity contribution in [2.75, 3.05) is 44.7 Å². The summed E-state index contributed by atoms with van der Waals surface area (Å²) < 4.78 is 31.5. The number of hydrogen-bond donors (Lipinski definition) is 3. The van der Waals surface area contributed by atoms with Crippen molar-refractivity contribution < 1.29 is 72.7 Å². The molecule has 0 bridgehead atoms. The number of imide groups is 2. The Morgan fingerprint density at radius 3 is 2.34 bits per heavy atom. The zero-order valence-corrected chi connectivity index (χ0v) is 26.5. The number of carbonyl (C=O) groups is 6. The molecule has 2 heterocycles. The van der Waals surface area contributed by atoms with E-state index in [4.69, 9.17) is 5.73 Å². The van der Waals surface area contributed by atoms with Crippen LogP contribution in [-0.2, 0) is 34.3 Å². The standard InChI is InChI=1S/C23H30N6O9S2.Na.H/c1-3-26-10-11-27(21(33)20(26)32)23(35)25-13-18(30)29(15-7-5-4-6-8-15,22(34)16(24)9-12-39-2)17-14-28(19(17)31)40(36,37)38;;/h4-8,16-17H,3,9-14,24H2,1-2H3,(H-,25,35,36,37,38);;/q;+1;-1/p+1/t16-,17?,29?;;/m0../s1. The summed E-state index contributed by atoms with van der Waals surface area (Å²) in [6, 6.07) is 3.41. The smallest absolute Gasteiger partial charge is 1.00 e. The van der Waals surface area contributed by atoms with Crippen LogP contribution >= 0.6 is 11.8 Å². The number of urea groups is 1. The van der Waals surface area contributed by atoms with E-state index in [1.807, 2.05) is 0 Å². The van der Waals surface area contributed by atoms with Crippen molar-refractivity contribution >= 4 is 63.3 Å². The number of carbonyl (C=O) groups excluding carboxylic acids is 6. The number of hydrogen-bond acceptors (Lipinski definition) is 10. The van der Waals surface area contributed by atoms with Gasteiger partial charge in [-0.05, 0) is 25.4 Å². The normalized spacial score (nSPS) is 19.6. The molecule has 2 saturated heterocycles. The van der Waals surface area contributed by atoms with Crippen LogP contribution in [0, 0.1) is 0 Å². The van der Waals surface area contributed by atoms with Crippen molar-refractivity contribution in [3.05, 3.63) is 30.3 Å². The van der Waals surface area contributed by atoms with Gasteiger partial charge in [-0.15, -0.1) is 0 Å². The number of nitrogens with two attached hydrogens (primary N) is 1. The zero-order chi connectivity index (χ0) is 29.8. The third-order valence-corrected chi connectivity index (χ3v) is 8.33. The summed E-state index contributed by atoms with van der Waals surface area (Å²) in [7, 11) is -4.97. The number of rotatable bonds is 10. The molecular formula is C23H32N6NaO9S2+. The Morgan fingerprint density at radius 2 is 1.80 bits per heavy atom. The summed E-state index contributed by atoms with van der Waals surface area (Å²) in [4.78, 5) is 80.3. The Labute approximate surface area is 265 Å². The molecule has 18 heteroatoms. The Morgan fingerprint density at radius 1 is 1.17 bits per heavy atom. The third-order valence-electron chi connectivity index (χ3n) is 6.80. The number of thioether (sulfide) groups is 1. The average molecular weight is 624 g/mol. The van der Waals surface area contributed by atoms with E-state index in [9.17, 15) is 41.7 Å². The minimum Gasteiger partial charge on any atom is -1.00 e. The van der Waals surface area contributed by atoms with E-state index >= 15 is 0 Å². The van der Waals surface area contributed by atoms with Gasteiger partial charge in [-0.25, -0.2) is 18.7 Å². The molecule has 0 saturated carbocycles. The maximum atomic E-state index is 14.0. The van der Waals surface area contributed by atoms with Gasteiger partial charge in [0, 0.05) is 31.8 Å². The maximum Gasteiger partial charge on any atom is 1.00 e. The number of likely N-dealkylation sites (N-methyl/N-ethyl adjacent to an activating group) is 1. The SMILES string of the molecule is CCN1CCN(C(=O)NCC(=O)[N+](C(=O)[C@@H](N)CCSC)(c2ccccc2)C2CN(S(=O)(=O)O)C2=O)C(=O)C1=O.[H-].[Na+]. The summed E-state index contributed by atoms with van der Waals surface area (Å²) in [6.45, 7) is 0.327. The summed E-state index contributed by atoms with van der Waals surface area (Å²) in [6.07, 6.45) is 1.90. The Kier molecular flexibility index (Phi) is 12.1. The fourth-order valence-electron chi connectivity index (χ4n) is 4.61. The molecule has 220 valence electrons. The van der Waals surface area contributed by atoms with Crippen molar-refractivity contribution in [2.45, 2.75) is 25.4 Å². The van der Waals surface area contributed by atoms with E-state index in [-0.39, 0.29) is 67.0 Å². The van der Waals surface area contributed by atoms with Crippen molar-refractivity contribution in [2.24, 2.45) is 5.73 Å². The van der Waals surface area contributed by atoms with Crippen LogP contribution in [0.3, 0.4) is 0 Å². The van der Waals surface area contributed by atoms with E-state index in [1.165, 1.54) is 40.9 Å². The first-order valence-electron chi connectivity index (χ1n) is 12.3. The quantitative estimate of drug-likeness (QED) is 0.0747. The third kappa shape index (κ3) is 6.83. The van der Waals surface area contributed by atoms with Gasteiger partial charge in [-0.1, -0.05) is 18.2 Å². The molecule has 41 heavy (non-hydrogen) atoms. The van der Waals surface area contributed by atoms with E-state index in [2.05, 4.69) is 5.32 Å². The van der Waals surface area contributed by atoms with Crippen LogP contribution < -0.4 is 45.1 Å². The fourth-order valence-corrected chi connectivity index (χ4v) is 5.78. The molecule has 7 amide bonds. The number of amides is 7. The summed E-state index contributed by atoms with van der Waals surface area (Å²) >= 11 is 1.39. The topological polar surface area (TPSA) is 205 Å². The summed E-state index contributed by atoms with van der Waals surface area (Å²) in [5.74, 6) is -4.71. The number of β-lactam (4-membered cyclic amide) rings is 1. The van der Waals surface area contributed by atoms with Crippen LogP contribution in [0.4, 0.5) is 10.5 Å². The van der Waals surface area contributed by atoms with Gasteiger partial charge in [0.05, 0.1) is 0 Å². The molecule has 1 aromatic carbocycles. The Hall–Kier alpha value is -2.38. The Balaban J connectivity index is 0.00000441. The number of nitrogens with one attached hydrogen (secondary N) is 1. The molecule has 0 radical (unpaired) electrons. The second-order valence-electron chi connectivity index (χ2n) is 9.04. The molecule has 15 nitrogen and oxygen atoms in total. The molecule has 0 spiro atoms. The van der Waals surface area contributed by atoms with E-state index < -0.39 is 75.5 Å². The molecule has 0 aliphatic carbocycles. The minimum atomic E-state index is -4.97. The van der Waals surface area contributed by atoms with E-state index in [0.29, 0.717) is 10.7 Å². The van der Waals surface area contributed by atoms with Crippen LogP contribution in [0.2, 0.25) is 0 Å². The average Bonchev–Trinajstić information content (AvgIpc) is 2.92. The van der Waals surface area contributed by atoms with Crippen LogP contribution in [0.25, 0.3) is 0 Å². The van der Waals surface area contributed by atoms with Crippen molar-refractivity contribution in [1.29, 1.82) is 0 Å². The first-order valence-corrected chi connectivity index (χ1v) is 15.1. The number of quaternary nitrogens is 1. The molecule has 2 aliphatic heterocycles. The number of nitrogens with zero attached hydrogens (tertiary/aromatic N) is 4. The molecule has 4 N–H and O–H groups in total. The number of piperazine rings is 1. The van der Waals surface area contributed by atoms with Crippen molar-refractivity contribution in [1.82, 2.24) is 23.9 Å². The van der Waals surface area contributed by atoms with E-state index in [0.717, 1.165) is 0 Å². The van der Waals surface area contributed by atoms with Crippen molar-refractivity contribution in [3.8, 4) is 0 Å². The van der Waals surface area contributed by atoms with Crippen LogP contribution in [0.5, 0.6) is 0 Å². The van der Waals surface area contributed by atoms with Gasteiger partial charge in [0.2, 0.25) is 6.04 Å².